The third kappa shape index (κ3) is 3.84. The summed E-state index contributed by atoms with van der Waals surface area (Å²) in [6.07, 6.45) is 1.10. The van der Waals surface area contributed by atoms with Crippen LogP contribution < -0.4 is 5.32 Å². The lowest BCUT2D eigenvalue weighted by Crippen LogP contribution is -2.30. The highest BCUT2D eigenvalue weighted by Gasteiger charge is 2.22. The van der Waals surface area contributed by atoms with Crippen molar-refractivity contribution in [2.75, 3.05) is 6.54 Å². The number of hydrogen-bond donors (Lipinski definition) is 2. The van der Waals surface area contributed by atoms with Crippen molar-refractivity contribution in [3.05, 3.63) is 38.1 Å². The first-order valence-corrected chi connectivity index (χ1v) is 7.31. The van der Waals surface area contributed by atoms with Gasteiger partial charge in [0.25, 0.3) is 0 Å². The maximum atomic E-state index is 10.9. The fraction of sp³-hybridized carbons (Fsp3) is 0.500. The predicted octanol–water partition coefficient (Wildman–Crippen LogP) is 1.02. The second-order valence-corrected chi connectivity index (χ2v) is 5.68. The molecule has 2 N–H and O–H groups in total. The van der Waals surface area contributed by atoms with Crippen LogP contribution in [0.3, 0.4) is 0 Å². The average Bonchev–Trinajstić information content (AvgIpc) is 2.99. The molecule has 0 aromatic carbocycles. The molecular weight excluding hydrogens is 294 g/mol. The summed E-state index contributed by atoms with van der Waals surface area (Å²) in [4.78, 5) is 15.5. The van der Waals surface area contributed by atoms with Gasteiger partial charge in [-0.3, -0.25) is 19.8 Å². The number of aliphatic hydroxyl groups excluding tert-OH is 1. The number of aliphatic hydroxyl groups is 1. The van der Waals surface area contributed by atoms with E-state index in [0.29, 0.717) is 24.5 Å². The van der Waals surface area contributed by atoms with Crippen molar-refractivity contribution in [1.29, 1.82) is 0 Å². The summed E-state index contributed by atoms with van der Waals surface area (Å²) < 4.78 is 1.48. The van der Waals surface area contributed by atoms with Gasteiger partial charge in [0.05, 0.1) is 23.1 Å². The van der Waals surface area contributed by atoms with Crippen molar-refractivity contribution in [3.8, 4) is 0 Å². The summed E-state index contributed by atoms with van der Waals surface area (Å²) in [6.45, 7) is 4.46. The highest BCUT2D eigenvalue weighted by atomic mass is 32.1. The zero-order valence-corrected chi connectivity index (χ0v) is 12.6. The van der Waals surface area contributed by atoms with E-state index in [1.165, 1.54) is 4.68 Å². The molecule has 0 aliphatic rings. The number of thiazole rings is 1. The Hall–Kier alpha value is -1.84. The molecule has 0 bridgehead atoms. The molecule has 1 unspecified atom stereocenters. The van der Waals surface area contributed by atoms with Gasteiger partial charge in [0, 0.05) is 24.2 Å². The Balaban J connectivity index is 1.89. The highest BCUT2D eigenvalue weighted by Crippen LogP contribution is 2.21. The molecule has 0 aliphatic carbocycles. The van der Waals surface area contributed by atoms with Crippen molar-refractivity contribution >= 4 is 17.0 Å². The van der Waals surface area contributed by atoms with Gasteiger partial charge in [-0.1, -0.05) is 0 Å². The minimum Gasteiger partial charge on any atom is -0.390 e. The summed E-state index contributed by atoms with van der Waals surface area (Å²) in [5, 5.41) is 28.1. The van der Waals surface area contributed by atoms with Crippen LogP contribution in [-0.2, 0) is 13.1 Å². The number of nitro groups is 1. The molecule has 2 rings (SSSR count). The number of rotatable bonds is 7. The zero-order chi connectivity index (χ0) is 15.4. The van der Waals surface area contributed by atoms with Gasteiger partial charge in [-0.05, 0) is 13.8 Å². The van der Waals surface area contributed by atoms with Gasteiger partial charge in [0.2, 0.25) is 0 Å². The smallest absolute Gasteiger partial charge is 0.312 e. The predicted molar refractivity (Wildman–Crippen MR) is 78.2 cm³/mol. The van der Waals surface area contributed by atoms with Gasteiger partial charge in [0.1, 0.15) is 11.4 Å². The van der Waals surface area contributed by atoms with Crippen molar-refractivity contribution in [3.63, 3.8) is 0 Å². The van der Waals surface area contributed by atoms with Crippen molar-refractivity contribution in [1.82, 2.24) is 20.1 Å². The second kappa shape index (κ2) is 6.74. The van der Waals surface area contributed by atoms with Gasteiger partial charge in [-0.15, -0.1) is 11.3 Å². The topological polar surface area (TPSA) is 106 Å². The Kier molecular flexibility index (Phi) is 4.99. The van der Waals surface area contributed by atoms with Crippen LogP contribution in [0.25, 0.3) is 0 Å². The van der Waals surface area contributed by atoms with Crippen molar-refractivity contribution in [2.45, 2.75) is 33.0 Å². The van der Waals surface area contributed by atoms with Crippen LogP contribution in [0.1, 0.15) is 16.3 Å². The Morgan fingerprint density at radius 3 is 2.90 bits per heavy atom. The minimum absolute atomic E-state index is 0.0137. The first-order chi connectivity index (χ1) is 9.99. The Morgan fingerprint density at radius 1 is 1.57 bits per heavy atom. The molecule has 0 amide bonds. The number of nitrogens with zero attached hydrogens (tertiary/aromatic N) is 4. The van der Waals surface area contributed by atoms with Gasteiger partial charge in [0.15, 0.2) is 0 Å². The lowest BCUT2D eigenvalue weighted by Gasteiger charge is -2.12. The highest BCUT2D eigenvalue weighted by molar-refractivity contribution is 7.09. The van der Waals surface area contributed by atoms with E-state index in [2.05, 4.69) is 15.4 Å². The number of hydrogen-bond acceptors (Lipinski definition) is 7. The van der Waals surface area contributed by atoms with Crippen LogP contribution in [0, 0.1) is 24.0 Å². The van der Waals surface area contributed by atoms with Crippen molar-refractivity contribution in [2.24, 2.45) is 0 Å². The standard InChI is InChI=1S/C12H17N5O3S/c1-8-12(17(19)20)9(2)16(15-8)6-10(18)3-13-4-11-5-14-7-21-11/h5,7,10,13,18H,3-4,6H2,1-2H3. The molecule has 2 aromatic rings. The normalized spacial score (nSPS) is 12.5. The van der Waals surface area contributed by atoms with Crippen LogP contribution in [0.15, 0.2) is 11.7 Å². The van der Waals surface area contributed by atoms with Gasteiger partial charge in [-0.2, -0.15) is 5.10 Å². The molecule has 0 spiro atoms. The van der Waals surface area contributed by atoms with Crippen LogP contribution >= 0.6 is 11.3 Å². The van der Waals surface area contributed by atoms with Gasteiger partial charge in [-0.25, -0.2) is 0 Å². The molecule has 0 fully saturated rings. The molecule has 114 valence electrons. The molecule has 21 heavy (non-hydrogen) atoms. The lowest BCUT2D eigenvalue weighted by molar-refractivity contribution is -0.386. The number of nitrogens with one attached hydrogen (secondary N) is 1. The molecular formula is C12H17N5O3S. The fourth-order valence-electron chi connectivity index (χ4n) is 2.09. The van der Waals surface area contributed by atoms with Crippen LogP contribution in [-0.4, -0.2) is 37.4 Å². The van der Waals surface area contributed by atoms with E-state index in [1.807, 2.05) is 0 Å². The summed E-state index contributed by atoms with van der Waals surface area (Å²) in [6, 6.07) is 0. The monoisotopic (exact) mass is 311 g/mol. The Morgan fingerprint density at radius 2 is 2.33 bits per heavy atom. The number of aryl methyl sites for hydroxylation is 1. The Labute approximate surface area is 125 Å². The van der Waals surface area contributed by atoms with E-state index in [9.17, 15) is 15.2 Å². The van der Waals surface area contributed by atoms with Crippen LogP contribution in [0.5, 0.6) is 0 Å². The fourth-order valence-corrected chi connectivity index (χ4v) is 2.65. The average molecular weight is 311 g/mol. The summed E-state index contributed by atoms with van der Waals surface area (Å²) in [7, 11) is 0. The first kappa shape index (κ1) is 15.5. The molecule has 2 heterocycles. The third-order valence-electron chi connectivity index (χ3n) is 3.07. The maximum Gasteiger partial charge on any atom is 0.312 e. The van der Waals surface area contributed by atoms with Crippen LogP contribution in [0.2, 0.25) is 0 Å². The largest absolute Gasteiger partial charge is 0.390 e. The molecule has 1 atom stereocenters. The van der Waals surface area contributed by atoms with E-state index >= 15 is 0 Å². The molecule has 0 aliphatic heterocycles. The van der Waals surface area contributed by atoms with E-state index < -0.39 is 11.0 Å². The van der Waals surface area contributed by atoms with Gasteiger partial charge >= 0.3 is 5.69 Å². The molecule has 8 nitrogen and oxygen atoms in total. The molecule has 0 saturated heterocycles. The summed E-state index contributed by atoms with van der Waals surface area (Å²) >= 11 is 1.54. The second-order valence-electron chi connectivity index (χ2n) is 4.71. The Bertz CT molecular complexity index is 611. The van der Waals surface area contributed by atoms with E-state index in [4.69, 9.17) is 0 Å². The maximum absolute atomic E-state index is 10.9. The lowest BCUT2D eigenvalue weighted by atomic mass is 10.3. The zero-order valence-electron chi connectivity index (χ0n) is 11.8. The third-order valence-corrected chi connectivity index (χ3v) is 3.85. The van der Waals surface area contributed by atoms with Gasteiger partial charge < -0.3 is 10.4 Å². The van der Waals surface area contributed by atoms with Crippen molar-refractivity contribution < 1.29 is 10.0 Å². The molecule has 0 radical (unpaired) electrons. The van der Waals surface area contributed by atoms with Crippen LogP contribution in [0.4, 0.5) is 5.69 Å². The SMILES string of the molecule is Cc1nn(CC(O)CNCc2cncs2)c(C)c1[N+](=O)[O-]. The minimum atomic E-state index is -0.671. The summed E-state index contributed by atoms with van der Waals surface area (Å²) in [5.74, 6) is 0. The molecule has 0 saturated carbocycles. The first-order valence-electron chi connectivity index (χ1n) is 6.43. The van der Waals surface area contributed by atoms with E-state index in [0.717, 1.165) is 4.88 Å². The summed E-state index contributed by atoms with van der Waals surface area (Å²) in [5.41, 5.74) is 2.59. The van der Waals surface area contributed by atoms with E-state index in [-0.39, 0.29) is 12.2 Å². The van der Waals surface area contributed by atoms with E-state index in [1.54, 1.807) is 36.9 Å². The molecule has 2 aromatic heterocycles. The molecule has 9 heteroatoms. The quantitative estimate of drug-likeness (QED) is 0.584. The number of aromatic nitrogens is 3.